The zero-order chi connectivity index (χ0) is 24.3. The van der Waals surface area contributed by atoms with Gasteiger partial charge < -0.3 is 18.9 Å². The average Bonchev–Trinajstić information content (AvgIpc) is 2.77. The van der Waals surface area contributed by atoms with Gasteiger partial charge in [-0.15, -0.1) is 0 Å². The number of pyridine rings is 1. The van der Waals surface area contributed by atoms with E-state index < -0.39 is 17.4 Å². The molecule has 3 aromatic rings. The van der Waals surface area contributed by atoms with Crippen LogP contribution in [0.3, 0.4) is 0 Å². The third-order valence-corrected chi connectivity index (χ3v) is 5.17. The smallest absolute Gasteiger partial charge is 0.342 e. The summed E-state index contributed by atoms with van der Waals surface area (Å²) in [6.07, 6.45) is 1.64. The number of esters is 2. The summed E-state index contributed by atoms with van der Waals surface area (Å²) < 4.78 is 22.5. The minimum atomic E-state index is -0.818. The van der Waals surface area contributed by atoms with Gasteiger partial charge in [-0.25, -0.2) is 4.79 Å². The molecule has 0 amide bonds. The van der Waals surface area contributed by atoms with Crippen molar-refractivity contribution in [3.63, 3.8) is 0 Å². The van der Waals surface area contributed by atoms with Gasteiger partial charge in [-0.1, -0.05) is 6.07 Å². The van der Waals surface area contributed by atoms with Crippen molar-refractivity contribution in [2.24, 2.45) is 5.41 Å². The molecule has 3 rings (SSSR count). The number of aromatic nitrogens is 1. The minimum Gasteiger partial charge on any atom is -0.496 e. The Kier molecular flexibility index (Phi) is 6.91. The molecule has 0 saturated carbocycles. The van der Waals surface area contributed by atoms with E-state index in [0.29, 0.717) is 33.5 Å². The van der Waals surface area contributed by atoms with Crippen molar-refractivity contribution in [2.45, 2.75) is 34.6 Å². The van der Waals surface area contributed by atoms with Gasteiger partial charge in [-0.05, 0) is 64.4 Å². The second kappa shape index (κ2) is 9.48. The Bertz CT molecular complexity index is 1210. The quantitative estimate of drug-likeness (QED) is 0.369. The van der Waals surface area contributed by atoms with Crippen LogP contribution in [0, 0.1) is 12.3 Å². The Morgan fingerprint density at radius 3 is 2.27 bits per heavy atom. The molecule has 0 bridgehead atoms. The van der Waals surface area contributed by atoms with Gasteiger partial charge in [0.2, 0.25) is 0 Å². The molecule has 174 valence electrons. The molecule has 0 N–H and O–H groups in total. The van der Waals surface area contributed by atoms with Gasteiger partial charge in [0.1, 0.15) is 17.1 Å². The third kappa shape index (κ3) is 4.62. The van der Waals surface area contributed by atoms with Crippen LogP contribution in [-0.2, 0) is 9.53 Å². The van der Waals surface area contributed by atoms with Gasteiger partial charge in [0, 0.05) is 17.1 Å². The van der Waals surface area contributed by atoms with E-state index in [9.17, 15) is 9.59 Å². The molecule has 0 aliphatic heterocycles. The van der Waals surface area contributed by atoms with Crippen molar-refractivity contribution < 1.29 is 28.5 Å². The lowest BCUT2D eigenvalue weighted by molar-refractivity contribution is -0.142. The molecule has 0 saturated heterocycles. The van der Waals surface area contributed by atoms with E-state index >= 15 is 0 Å². The number of hydrogen-bond donors (Lipinski definition) is 0. The number of hydrogen-bond acceptors (Lipinski definition) is 7. The summed E-state index contributed by atoms with van der Waals surface area (Å²) in [5.74, 6) is -0.113. The van der Waals surface area contributed by atoms with E-state index in [4.69, 9.17) is 18.9 Å². The maximum absolute atomic E-state index is 13.3. The predicted octanol–water partition coefficient (Wildman–Crippen LogP) is 5.36. The van der Waals surface area contributed by atoms with Crippen LogP contribution in [0.4, 0.5) is 0 Å². The van der Waals surface area contributed by atoms with E-state index in [0.717, 1.165) is 5.56 Å². The topological polar surface area (TPSA) is 84.0 Å². The Balaban J connectivity index is 2.55. The molecular formula is C26H29NO6. The average molecular weight is 452 g/mol. The second-order valence-electron chi connectivity index (χ2n) is 8.55. The normalized spacial score (nSPS) is 11.2. The number of rotatable bonds is 6. The predicted molar refractivity (Wildman–Crippen MR) is 126 cm³/mol. The first-order valence-electron chi connectivity index (χ1n) is 10.7. The highest BCUT2D eigenvalue weighted by Crippen LogP contribution is 2.46. The molecule has 0 atom stereocenters. The Morgan fingerprint density at radius 1 is 1.03 bits per heavy atom. The van der Waals surface area contributed by atoms with Crippen LogP contribution in [0.5, 0.6) is 17.2 Å². The highest BCUT2D eigenvalue weighted by molar-refractivity contribution is 6.12. The number of benzene rings is 2. The molecule has 33 heavy (non-hydrogen) atoms. The van der Waals surface area contributed by atoms with Crippen LogP contribution in [0.25, 0.3) is 22.0 Å². The van der Waals surface area contributed by atoms with E-state index in [1.165, 1.54) is 7.11 Å². The SMILES string of the molecule is CCOC(=O)c1c(-c2ncccc2C)cc2c(OC)ccc(OC)c2c1OC(=O)C(C)(C)C. The number of aryl methyl sites for hydroxylation is 1. The van der Waals surface area contributed by atoms with Gasteiger partial charge in [0.05, 0.1) is 37.3 Å². The van der Waals surface area contributed by atoms with Gasteiger partial charge >= 0.3 is 11.9 Å². The Hall–Kier alpha value is -3.61. The number of carbonyl (C=O) groups is 2. The van der Waals surface area contributed by atoms with Crippen LogP contribution in [0.1, 0.15) is 43.6 Å². The summed E-state index contributed by atoms with van der Waals surface area (Å²) in [4.78, 5) is 30.8. The van der Waals surface area contributed by atoms with Gasteiger partial charge in [-0.2, -0.15) is 0 Å². The molecular weight excluding hydrogens is 422 g/mol. The number of methoxy groups -OCH3 is 2. The third-order valence-electron chi connectivity index (χ3n) is 5.17. The lowest BCUT2D eigenvalue weighted by Gasteiger charge is -2.22. The van der Waals surface area contributed by atoms with Crippen LogP contribution in [-0.4, -0.2) is 37.7 Å². The molecule has 0 unspecified atom stereocenters. The van der Waals surface area contributed by atoms with Gasteiger partial charge in [0.15, 0.2) is 5.75 Å². The van der Waals surface area contributed by atoms with Crippen molar-refractivity contribution in [1.29, 1.82) is 0 Å². The molecule has 0 radical (unpaired) electrons. The summed E-state index contributed by atoms with van der Waals surface area (Å²) >= 11 is 0. The lowest BCUT2D eigenvalue weighted by atomic mass is 9.93. The lowest BCUT2D eigenvalue weighted by Crippen LogP contribution is -2.27. The van der Waals surface area contributed by atoms with Crippen molar-refractivity contribution in [2.75, 3.05) is 20.8 Å². The summed E-state index contributed by atoms with van der Waals surface area (Å²) in [7, 11) is 3.06. The summed E-state index contributed by atoms with van der Waals surface area (Å²) in [6.45, 7) is 8.99. The van der Waals surface area contributed by atoms with Crippen LogP contribution < -0.4 is 14.2 Å². The molecule has 0 fully saturated rings. The highest BCUT2D eigenvalue weighted by atomic mass is 16.6. The first-order valence-corrected chi connectivity index (χ1v) is 10.7. The summed E-state index contributed by atoms with van der Waals surface area (Å²) in [5, 5.41) is 1.05. The number of carbonyl (C=O) groups excluding carboxylic acids is 2. The maximum atomic E-state index is 13.3. The zero-order valence-electron chi connectivity index (χ0n) is 20.1. The largest absolute Gasteiger partial charge is 0.496 e. The van der Waals surface area contributed by atoms with E-state index in [-0.39, 0.29) is 17.9 Å². The fourth-order valence-electron chi connectivity index (χ4n) is 3.48. The van der Waals surface area contributed by atoms with Gasteiger partial charge in [-0.3, -0.25) is 9.78 Å². The first-order chi connectivity index (χ1) is 15.6. The van der Waals surface area contributed by atoms with Crippen molar-refractivity contribution in [1.82, 2.24) is 4.98 Å². The number of ether oxygens (including phenoxy) is 4. The number of fused-ring (bicyclic) bond motifs is 1. The van der Waals surface area contributed by atoms with Gasteiger partial charge in [0.25, 0.3) is 0 Å². The van der Waals surface area contributed by atoms with Crippen LogP contribution in [0.15, 0.2) is 36.5 Å². The minimum absolute atomic E-state index is 0.0571. The molecule has 1 aromatic heterocycles. The molecule has 0 aliphatic rings. The van der Waals surface area contributed by atoms with E-state index in [2.05, 4.69) is 4.98 Å². The monoisotopic (exact) mass is 451 g/mol. The van der Waals surface area contributed by atoms with E-state index in [1.807, 2.05) is 19.1 Å². The molecule has 1 heterocycles. The summed E-state index contributed by atoms with van der Waals surface area (Å²) in [6, 6.07) is 8.97. The molecule has 7 nitrogen and oxygen atoms in total. The fourth-order valence-corrected chi connectivity index (χ4v) is 3.48. The molecule has 0 aliphatic carbocycles. The van der Waals surface area contributed by atoms with Crippen molar-refractivity contribution >= 4 is 22.7 Å². The molecule has 2 aromatic carbocycles. The van der Waals surface area contributed by atoms with Crippen molar-refractivity contribution in [3.05, 3.63) is 47.7 Å². The fraction of sp³-hybridized carbons (Fsp3) is 0.346. The first kappa shape index (κ1) is 24.0. The zero-order valence-corrected chi connectivity index (χ0v) is 20.1. The second-order valence-corrected chi connectivity index (χ2v) is 8.55. The maximum Gasteiger partial charge on any atom is 0.342 e. The summed E-state index contributed by atoms with van der Waals surface area (Å²) in [5.41, 5.74) is 1.18. The highest BCUT2D eigenvalue weighted by Gasteiger charge is 2.32. The standard InChI is InChI=1S/C26H29NO6/c1-8-32-24(28)21-17(22-15(2)10-9-13-27-22)14-16-18(30-6)11-12-19(31-7)20(16)23(21)33-25(29)26(3,4)5/h9-14H,8H2,1-7H3. The van der Waals surface area contributed by atoms with E-state index in [1.54, 1.807) is 59.2 Å². The Labute approximate surface area is 193 Å². The van der Waals surface area contributed by atoms with Crippen molar-refractivity contribution in [3.8, 4) is 28.5 Å². The molecule has 0 spiro atoms. The Morgan fingerprint density at radius 2 is 1.70 bits per heavy atom. The molecule has 7 heteroatoms. The number of nitrogens with zero attached hydrogens (tertiary/aromatic N) is 1. The van der Waals surface area contributed by atoms with Crippen LogP contribution in [0.2, 0.25) is 0 Å². The van der Waals surface area contributed by atoms with Crippen LogP contribution >= 0.6 is 0 Å².